The molecule has 0 saturated carbocycles. The number of aliphatic hydroxyl groups excluding tert-OH is 1. The molecule has 0 bridgehead atoms. The van der Waals surface area contributed by atoms with Crippen LogP contribution in [0, 0.1) is 5.41 Å². The lowest BCUT2D eigenvalue weighted by Gasteiger charge is -2.31. The van der Waals surface area contributed by atoms with Gasteiger partial charge in [-0.2, -0.15) is 0 Å². The first-order valence-electron chi connectivity index (χ1n) is 7.17. The van der Waals surface area contributed by atoms with Gasteiger partial charge in [-0.3, -0.25) is 4.79 Å². The molecule has 0 saturated heterocycles. The van der Waals surface area contributed by atoms with Gasteiger partial charge < -0.3 is 20.7 Å². The van der Waals surface area contributed by atoms with Gasteiger partial charge in [-0.25, -0.2) is 0 Å². The molecular formula is C15H27N3O2. The molecule has 1 rings (SSSR count). The fourth-order valence-corrected chi connectivity index (χ4v) is 2.23. The number of rotatable bonds is 6. The number of carbonyl (C=O) groups excluding carboxylic acids is 1. The smallest absolute Gasteiger partial charge is 0.268 e. The molecule has 0 aromatic carbocycles. The maximum atomic E-state index is 12.4. The van der Waals surface area contributed by atoms with Crippen LogP contribution in [0.15, 0.2) is 12.3 Å². The number of nitrogen functional groups attached to an aromatic ring is 1. The zero-order valence-electron chi connectivity index (χ0n) is 12.9. The molecule has 5 nitrogen and oxygen atoms in total. The molecule has 0 spiro atoms. The van der Waals surface area contributed by atoms with E-state index in [1.807, 2.05) is 25.3 Å². The lowest BCUT2D eigenvalue weighted by Crippen LogP contribution is -2.44. The summed E-state index contributed by atoms with van der Waals surface area (Å²) < 4.78 is 1.88. The number of aromatic nitrogens is 1. The second-order valence-corrected chi connectivity index (χ2v) is 6.26. The molecule has 0 fully saturated rings. The molecular weight excluding hydrogens is 254 g/mol. The van der Waals surface area contributed by atoms with E-state index in [0.717, 1.165) is 13.0 Å². The number of hydrogen-bond donors (Lipinski definition) is 3. The van der Waals surface area contributed by atoms with Crippen molar-refractivity contribution in [3.05, 3.63) is 18.0 Å². The monoisotopic (exact) mass is 281 g/mol. The maximum Gasteiger partial charge on any atom is 0.268 e. The molecule has 5 heteroatoms. The minimum atomic E-state index is -0.136. The number of nitrogens with zero attached hydrogens (tertiary/aromatic N) is 1. The van der Waals surface area contributed by atoms with E-state index < -0.39 is 0 Å². The van der Waals surface area contributed by atoms with E-state index in [-0.39, 0.29) is 24.0 Å². The number of nitrogens with one attached hydrogen (secondary N) is 1. The highest BCUT2D eigenvalue weighted by molar-refractivity contribution is 5.94. The Balaban J connectivity index is 2.88. The third-order valence-electron chi connectivity index (χ3n) is 3.38. The molecule has 1 aromatic heterocycles. The Bertz CT molecular complexity index is 446. The summed E-state index contributed by atoms with van der Waals surface area (Å²) in [6, 6.07) is 1.62. The third-order valence-corrected chi connectivity index (χ3v) is 3.38. The predicted octanol–water partition coefficient (Wildman–Crippen LogP) is 2.01. The van der Waals surface area contributed by atoms with Gasteiger partial charge in [0, 0.05) is 25.4 Å². The average molecular weight is 281 g/mol. The van der Waals surface area contributed by atoms with Crippen LogP contribution >= 0.6 is 0 Å². The molecule has 114 valence electrons. The maximum absolute atomic E-state index is 12.4. The Morgan fingerprint density at radius 2 is 2.15 bits per heavy atom. The summed E-state index contributed by atoms with van der Waals surface area (Å²) in [5.41, 5.74) is 6.85. The topological polar surface area (TPSA) is 80.3 Å². The molecule has 4 N–H and O–H groups in total. The highest BCUT2D eigenvalue weighted by atomic mass is 16.3. The highest BCUT2D eigenvalue weighted by Crippen LogP contribution is 2.22. The van der Waals surface area contributed by atoms with Crippen molar-refractivity contribution in [2.75, 3.05) is 12.3 Å². The van der Waals surface area contributed by atoms with Gasteiger partial charge in [0.15, 0.2) is 0 Å². The minimum Gasteiger partial charge on any atom is -0.397 e. The first-order chi connectivity index (χ1) is 9.29. The first-order valence-corrected chi connectivity index (χ1v) is 7.17. The summed E-state index contributed by atoms with van der Waals surface area (Å²) in [5, 5.41) is 12.2. The minimum absolute atomic E-state index is 0.0559. The Kier molecular flexibility index (Phi) is 5.62. The van der Waals surface area contributed by atoms with Gasteiger partial charge in [0.2, 0.25) is 0 Å². The van der Waals surface area contributed by atoms with E-state index in [4.69, 9.17) is 10.8 Å². The Hall–Kier alpha value is -1.49. The van der Waals surface area contributed by atoms with Crippen LogP contribution in [0.5, 0.6) is 0 Å². The molecule has 20 heavy (non-hydrogen) atoms. The fourth-order valence-electron chi connectivity index (χ4n) is 2.23. The Morgan fingerprint density at radius 3 is 2.65 bits per heavy atom. The van der Waals surface area contributed by atoms with Crippen molar-refractivity contribution in [1.29, 1.82) is 0 Å². The van der Waals surface area contributed by atoms with Crippen molar-refractivity contribution in [2.24, 2.45) is 5.41 Å². The zero-order valence-corrected chi connectivity index (χ0v) is 12.9. The van der Waals surface area contributed by atoms with E-state index in [0.29, 0.717) is 17.8 Å². The molecule has 1 atom stereocenters. The van der Waals surface area contributed by atoms with Gasteiger partial charge in [-0.1, -0.05) is 27.7 Å². The largest absolute Gasteiger partial charge is 0.397 e. The molecule has 0 radical (unpaired) electrons. The van der Waals surface area contributed by atoms with Crippen molar-refractivity contribution in [3.63, 3.8) is 0 Å². The van der Waals surface area contributed by atoms with Crippen LogP contribution in [-0.2, 0) is 6.54 Å². The van der Waals surface area contributed by atoms with Gasteiger partial charge in [0.05, 0.1) is 5.69 Å². The number of hydrogen-bond acceptors (Lipinski definition) is 3. The average Bonchev–Trinajstić information content (AvgIpc) is 2.69. The second-order valence-electron chi connectivity index (χ2n) is 6.26. The van der Waals surface area contributed by atoms with Crippen molar-refractivity contribution in [2.45, 2.75) is 53.1 Å². The number of aryl methyl sites for hydroxylation is 1. The number of aliphatic hydroxyl groups is 1. The standard InChI is InChI=1S/C15H27N3O2/c1-5-7-18-10-11(16)9-12(18)14(20)17-13(6-8-19)15(2,3)4/h9-10,13,19H,5-8,16H2,1-4H3,(H,17,20). The second kappa shape index (κ2) is 6.79. The van der Waals surface area contributed by atoms with Crippen LogP contribution in [0.25, 0.3) is 0 Å². The normalized spacial score (nSPS) is 13.2. The molecule has 1 amide bonds. The molecule has 0 aliphatic carbocycles. The number of nitrogens with two attached hydrogens (primary N) is 1. The summed E-state index contributed by atoms with van der Waals surface area (Å²) in [7, 11) is 0. The lowest BCUT2D eigenvalue weighted by atomic mass is 9.85. The summed E-state index contributed by atoms with van der Waals surface area (Å²) in [6.45, 7) is 9.02. The summed E-state index contributed by atoms with van der Waals surface area (Å²) >= 11 is 0. The van der Waals surface area contributed by atoms with Gasteiger partial charge in [-0.15, -0.1) is 0 Å². The number of anilines is 1. The third kappa shape index (κ3) is 4.27. The van der Waals surface area contributed by atoms with Crippen LogP contribution in [-0.4, -0.2) is 28.2 Å². The van der Waals surface area contributed by atoms with Gasteiger partial charge in [0.1, 0.15) is 5.69 Å². The van der Waals surface area contributed by atoms with Crippen LogP contribution < -0.4 is 11.1 Å². The molecule has 1 unspecified atom stereocenters. The summed E-state index contributed by atoms with van der Waals surface area (Å²) in [6.07, 6.45) is 3.27. The van der Waals surface area contributed by atoms with E-state index in [1.165, 1.54) is 0 Å². The van der Waals surface area contributed by atoms with Gasteiger partial charge in [-0.05, 0) is 24.3 Å². The number of amides is 1. The molecule has 1 aromatic rings. The van der Waals surface area contributed by atoms with E-state index in [1.54, 1.807) is 12.3 Å². The van der Waals surface area contributed by atoms with Crippen LogP contribution in [0.2, 0.25) is 0 Å². The molecule has 0 aliphatic rings. The number of carbonyl (C=O) groups is 1. The van der Waals surface area contributed by atoms with Crippen molar-refractivity contribution in [1.82, 2.24) is 9.88 Å². The van der Waals surface area contributed by atoms with Crippen LogP contribution in [0.4, 0.5) is 5.69 Å². The van der Waals surface area contributed by atoms with Crippen molar-refractivity contribution in [3.8, 4) is 0 Å². The predicted molar refractivity (Wildman–Crippen MR) is 81.5 cm³/mol. The molecule has 0 aliphatic heterocycles. The zero-order chi connectivity index (χ0) is 15.3. The van der Waals surface area contributed by atoms with Crippen LogP contribution in [0.3, 0.4) is 0 Å². The Morgan fingerprint density at radius 1 is 1.50 bits per heavy atom. The quantitative estimate of drug-likeness (QED) is 0.746. The van der Waals surface area contributed by atoms with E-state index in [2.05, 4.69) is 12.2 Å². The van der Waals surface area contributed by atoms with E-state index >= 15 is 0 Å². The van der Waals surface area contributed by atoms with Crippen LogP contribution in [0.1, 0.15) is 51.0 Å². The van der Waals surface area contributed by atoms with E-state index in [9.17, 15) is 4.79 Å². The molecule has 1 heterocycles. The Labute approximate surface area is 121 Å². The SMILES string of the molecule is CCCn1cc(N)cc1C(=O)NC(CCO)C(C)(C)C. The summed E-state index contributed by atoms with van der Waals surface area (Å²) in [4.78, 5) is 12.4. The summed E-state index contributed by atoms with van der Waals surface area (Å²) in [5.74, 6) is -0.136. The van der Waals surface area contributed by atoms with Crippen molar-refractivity contribution < 1.29 is 9.90 Å². The van der Waals surface area contributed by atoms with Crippen molar-refractivity contribution >= 4 is 11.6 Å². The van der Waals surface area contributed by atoms with Gasteiger partial charge in [0.25, 0.3) is 5.91 Å². The fraction of sp³-hybridized carbons (Fsp3) is 0.667. The highest BCUT2D eigenvalue weighted by Gasteiger charge is 2.27. The van der Waals surface area contributed by atoms with Gasteiger partial charge >= 0.3 is 0 Å². The first kappa shape index (κ1) is 16.6. The lowest BCUT2D eigenvalue weighted by molar-refractivity contribution is 0.0875.